The molecule has 1 aromatic carbocycles. The lowest BCUT2D eigenvalue weighted by Gasteiger charge is -2.32. The average Bonchev–Trinajstić information content (AvgIpc) is 3.40. The smallest absolute Gasteiger partial charge is 0.407 e. The van der Waals surface area contributed by atoms with Crippen molar-refractivity contribution < 1.29 is 13.7 Å². The highest BCUT2D eigenvalue weighted by atomic mass is 32.2. The summed E-state index contributed by atoms with van der Waals surface area (Å²) in [5.41, 5.74) is 3.04. The van der Waals surface area contributed by atoms with Gasteiger partial charge in [0.25, 0.3) is 0 Å². The third kappa shape index (κ3) is 5.60. The largest absolute Gasteiger partial charge is 0.444 e. The molecule has 2 N–H and O–H groups in total. The van der Waals surface area contributed by atoms with Crippen molar-refractivity contribution in [3.8, 4) is 0 Å². The Morgan fingerprint density at radius 2 is 1.83 bits per heavy atom. The Kier molecular flexibility index (Phi) is 6.46. The Morgan fingerprint density at radius 1 is 1.11 bits per heavy atom. The van der Waals surface area contributed by atoms with Crippen LogP contribution >= 0.6 is 0 Å². The summed E-state index contributed by atoms with van der Waals surface area (Å²) in [6, 6.07) is 8.88. The number of amides is 1. The summed E-state index contributed by atoms with van der Waals surface area (Å²) < 4.78 is 18.1. The normalized spacial score (nSPS) is 24.1. The van der Waals surface area contributed by atoms with Crippen molar-refractivity contribution in [2.45, 2.75) is 81.9 Å². The van der Waals surface area contributed by atoms with Crippen LogP contribution in [-0.4, -0.2) is 56.8 Å². The molecule has 5 rings (SSSR count). The van der Waals surface area contributed by atoms with E-state index in [-0.39, 0.29) is 12.1 Å². The van der Waals surface area contributed by atoms with Crippen LogP contribution < -0.4 is 15.5 Å². The highest BCUT2D eigenvalue weighted by molar-refractivity contribution is 7.85. The van der Waals surface area contributed by atoms with Gasteiger partial charge in [0.1, 0.15) is 16.3 Å². The minimum atomic E-state index is -1.10. The molecule has 1 saturated carbocycles. The van der Waals surface area contributed by atoms with Crippen LogP contribution in [0.2, 0.25) is 0 Å². The molecule has 1 aromatic heterocycles. The highest BCUT2D eigenvalue weighted by Gasteiger charge is 2.41. The lowest BCUT2D eigenvalue weighted by molar-refractivity contribution is 0.0523. The van der Waals surface area contributed by atoms with E-state index in [1.165, 1.54) is 11.1 Å². The molecule has 2 aliphatic heterocycles. The summed E-state index contributed by atoms with van der Waals surface area (Å²) in [6.45, 7) is 9.45. The van der Waals surface area contributed by atoms with Crippen LogP contribution in [0.4, 0.5) is 16.6 Å². The molecule has 8 nitrogen and oxygen atoms in total. The van der Waals surface area contributed by atoms with Crippen LogP contribution in [-0.2, 0) is 22.0 Å². The van der Waals surface area contributed by atoms with Crippen LogP contribution in [0.15, 0.2) is 29.2 Å². The third-order valence-electron chi connectivity index (χ3n) is 6.82. The number of carbonyl (C=O) groups is 1. The molecule has 0 radical (unpaired) electrons. The molecule has 0 spiro atoms. The molecule has 35 heavy (non-hydrogen) atoms. The SMILES string of the molecule is Cc1ccc(C2CCN(c3nc4c(c(NC5C[C@H]5NC(=O)OC(C)(C)C)n3)S(=O)CC4)CC2)cc1. The molecule has 2 unspecified atom stereocenters. The van der Waals surface area contributed by atoms with Crippen molar-refractivity contribution in [1.82, 2.24) is 15.3 Å². The number of hydrogen-bond acceptors (Lipinski definition) is 7. The third-order valence-corrected chi connectivity index (χ3v) is 8.28. The molecular weight excluding hydrogens is 462 g/mol. The number of piperidine rings is 1. The summed E-state index contributed by atoms with van der Waals surface area (Å²) in [5.74, 6) is 2.50. The number of fused-ring (bicyclic) bond motifs is 1. The van der Waals surface area contributed by atoms with Crippen molar-refractivity contribution in [1.29, 1.82) is 0 Å². The standard InChI is InChI=1S/C26H35N5O3S/c1-16-5-7-17(8-6-16)18-9-12-31(13-10-18)24-28-19-11-14-35(33)22(19)23(30-24)27-20-15-21(20)29-25(32)34-26(2,3)4/h5-8,18,20-21H,9-15H2,1-4H3,(H,29,32)(H,27,28,30)/t20?,21-,35?/m1/s1. The zero-order valence-electron chi connectivity index (χ0n) is 21.0. The van der Waals surface area contributed by atoms with Gasteiger partial charge in [0, 0.05) is 25.3 Å². The second-order valence-corrected chi connectivity index (χ2v) is 12.4. The summed E-state index contributed by atoms with van der Waals surface area (Å²) in [5, 5.41) is 6.35. The first kappa shape index (κ1) is 24.0. The monoisotopic (exact) mass is 497 g/mol. The quantitative estimate of drug-likeness (QED) is 0.646. The first-order chi connectivity index (χ1) is 16.7. The van der Waals surface area contributed by atoms with Crippen molar-refractivity contribution in [3.63, 3.8) is 0 Å². The summed E-state index contributed by atoms with van der Waals surface area (Å²) in [6.07, 6.45) is 3.18. The van der Waals surface area contributed by atoms with Gasteiger partial charge in [0.15, 0.2) is 0 Å². The number of alkyl carbamates (subject to hydrolysis) is 1. The fourth-order valence-corrected chi connectivity index (χ4v) is 6.14. The summed E-state index contributed by atoms with van der Waals surface area (Å²) in [7, 11) is -1.10. The fraction of sp³-hybridized carbons (Fsp3) is 0.577. The fourth-order valence-electron chi connectivity index (χ4n) is 4.82. The Bertz CT molecular complexity index is 1120. The minimum absolute atomic E-state index is 0.0287. The number of aryl methyl sites for hydroxylation is 2. The van der Waals surface area contributed by atoms with Crippen LogP contribution in [0.25, 0.3) is 0 Å². The zero-order valence-corrected chi connectivity index (χ0v) is 21.8. The van der Waals surface area contributed by atoms with Crippen molar-refractivity contribution in [2.75, 3.05) is 29.1 Å². The number of benzene rings is 1. The predicted octanol–water partition coefficient (Wildman–Crippen LogP) is 3.91. The lowest BCUT2D eigenvalue weighted by atomic mass is 9.89. The van der Waals surface area contributed by atoms with Gasteiger partial charge >= 0.3 is 6.09 Å². The molecular formula is C26H35N5O3S. The Balaban J connectivity index is 1.26. The maximum absolute atomic E-state index is 12.7. The average molecular weight is 498 g/mol. The molecule has 0 bridgehead atoms. The second kappa shape index (κ2) is 9.41. The van der Waals surface area contributed by atoms with Crippen LogP contribution in [0.1, 0.15) is 62.8 Å². The van der Waals surface area contributed by atoms with Crippen molar-refractivity contribution in [3.05, 3.63) is 41.1 Å². The minimum Gasteiger partial charge on any atom is -0.444 e. The molecule has 3 heterocycles. The second-order valence-electron chi connectivity index (χ2n) is 10.9. The van der Waals surface area contributed by atoms with Gasteiger partial charge in [-0.3, -0.25) is 4.21 Å². The van der Waals surface area contributed by atoms with E-state index in [4.69, 9.17) is 14.7 Å². The topological polar surface area (TPSA) is 96.5 Å². The van der Waals surface area contributed by atoms with Gasteiger partial charge < -0.3 is 20.3 Å². The van der Waals surface area contributed by atoms with Crippen LogP contribution in [0, 0.1) is 6.92 Å². The van der Waals surface area contributed by atoms with Gasteiger partial charge in [-0.2, -0.15) is 4.98 Å². The van der Waals surface area contributed by atoms with Crippen LogP contribution in [0.5, 0.6) is 0 Å². The summed E-state index contributed by atoms with van der Waals surface area (Å²) >= 11 is 0. The number of nitrogens with one attached hydrogen (secondary N) is 2. The first-order valence-corrected chi connectivity index (χ1v) is 13.8. The maximum Gasteiger partial charge on any atom is 0.407 e. The Morgan fingerprint density at radius 3 is 2.51 bits per heavy atom. The molecule has 188 valence electrons. The van der Waals surface area contributed by atoms with Gasteiger partial charge in [0.05, 0.1) is 28.6 Å². The first-order valence-electron chi connectivity index (χ1n) is 12.5. The van der Waals surface area contributed by atoms with Gasteiger partial charge in [-0.05, 0) is 58.4 Å². The molecule has 1 amide bonds. The maximum atomic E-state index is 12.7. The van der Waals surface area contributed by atoms with Crippen LogP contribution in [0.3, 0.4) is 0 Å². The molecule has 3 atom stereocenters. The zero-order chi connectivity index (χ0) is 24.7. The molecule has 3 aliphatic rings. The van der Waals surface area contributed by atoms with Crippen molar-refractivity contribution in [2.24, 2.45) is 0 Å². The molecule has 2 aromatic rings. The number of nitrogens with zero attached hydrogens (tertiary/aromatic N) is 3. The number of carbonyl (C=O) groups excluding carboxylic acids is 1. The van der Waals surface area contributed by atoms with Gasteiger partial charge in [-0.1, -0.05) is 29.8 Å². The Hall–Kier alpha value is -2.68. The number of ether oxygens (including phenoxy) is 1. The summed E-state index contributed by atoms with van der Waals surface area (Å²) in [4.78, 5) is 24.8. The van der Waals surface area contributed by atoms with Gasteiger partial charge in [-0.15, -0.1) is 0 Å². The van der Waals surface area contributed by atoms with E-state index >= 15 is 0 Å². The molecule has 9 heteroatoms. The van der Waals surface area contributed by atoms with Crippen molar-refractivity contribution >= 4 is 28.7 Å². The van der Waals surface area contributed by atoms with E-state index in [1.54, 1.807) is 0 Å². The van der Waals surface area contributed by atoms with Gasteiger partial charge in [0.2, 0.25) is 5.95 Å². The van der Waals surface area contributed by atoms with E-state index in [0.717, 1.165) is 42.9 Å². The molecule has 1 saturated heterocycles. The van der Waals surface area contributed by atoms with Gasteiger partial charge in [-0.25, -0.2) is 9.78 Å². The lowest BCUT2D eigenvalue weighted by Crippen LogP contribution is -2.36. The van der Waals surface area contributed by atoms with E-state index in [2.05, 4.69) is 46.7 Å². The number of hydrogen-bond donors (Lipinski definition) is 2. The number of rotatable bonds is 5. The van der Waals surface area contributed by atoms with E-state index in [1.807, 2.05) is 20.8 Å². The number of aromatic nitrogens is 2. The predicted molar refractivity (Wildman–Crippen MR) is 138 cm³/mol. The molecule has 1 aliphatic carbocycles. The van der Waals surface area contributed by atoms with E-state index in [9.17, 15) is 9.00 Å². The van der Waals surface area contributed by atoms with E-state index in [0.29, 0.717) is 29.9 Å². The number of anilines is 2. The Labute approximate surface area is 209 Å². The molecule has 2 fully saturated rings. The van der Waals surface area contributed by atoms with E-state index < -0.39 is 22.5 Å². The highest BCUT2D eigenvalue weighted by Crippen LogP contribution is 2.35.